The van der Waals surface area contributed by atoms with Gasteiger partial charge in [-0.3, -0.25) is 5.41 Å². The summed E-state index contributed by atoms with van der Waals surface area (Å²) in [6, 6.07) is 5.85. The van der Waals surface area contributed by atoms with E-state index in [1.807, 2.05) is 32.9 Å². The monoisotopic (exact) mass is 248 g/mol. The average molecular weight is 248 g/mol. The Morgan fingerprint density at radius 3 is 2.22 bits per heavy atom. The lowest BCUT2D eigenvalue weighted by atomic mass is 10.1. The van der Waals surface area contributed by atoms with Crippen LogP contribution in [0.1, 0.15) is 25.0 Å². The highest BCUT2D eigenvalue weighted by Gasteiger charge is 2.12. The Labute approximate surface area is 108 Å². The van der Waals surface area contributed by atoms with Gasteiger partial charge in [-0.2, -0.15) is 0 Å². The van der Waals surface area contributed by atoms with E-state index in [1.165, 1.54) is 0 Å². The van der Waals surface area contributed by atoms with Crippen LogP contribution < -0.4 is 10.5 Å². The highest BCUT2D eigenvalue weighted by atomic mass is 16.5. The molecule has 0 heterocycles. The second kappa shape index (κ2) is 6.10. The average Bonchev–Trinajstić information content (AvgIpc) is 2.24. The summed E-state index contributed by atoms with van der Waals surface area (Å²) in [6.07, 6.45) is 0. The van der Waals surface area contributed by atoms with Crippen LogP contribution in [0.25, 0.3) is 0 Å². The van der Waals surface area contributed by atoms with Crippen LogP contribution in [-0.4, -0.2) is 12.5 Å². The number of hydrogen-bond acceptors (Lipinski definition) is 4. The van der Waals surface area contributed by atoms with Gasteiger partial charge in [0.05, 0.1) is 12.3 Å². The molecule has 18 heavy (non-hydrogen) atoms. The van der Waals surface area contributed by atoms with Gasteiger partial charge in [-0.25, -0.2) is 0 Å². The minimum atomic E-state index is -0.0448. The van der Waals surface area contributed by atoms with Gasteiger partial charge in [-0.15, -0.1) is 0 Å². The third-order valence-electron chi connectivity index (χ3n) is 2.27. The second-order valence-electron chi connectivity index (χ2n) is 4.20. The number of hydrogen-bond donors (Lipinski definition) is 2. The third kappa shape index (κ3) is 3.80. The predicted molar refractivity (Wildman–Crippen MR) is 72.8 cm³/mol. The summed E-state index contributed by atoms with van der Waals surface area (Å²) in [5.41, 5.74) is 8.35. The number of nitrogens with one attached hydrogen (secondary N) is 1. The van der Waals surface area contributed by atoms with Crippen molar-refractivity contribution in [3.63, 3.8) is 0 Å². The molecule has 0 aliphatic heterocycles. The minimum absolute atomic E-state index is 0.0448. The van der Waals surface area contributed by atoms with Crippen LogP contribution in [0.5, 0.6) is 5.75 Å². The highest BCUT2D eigenvalue weighted by molar-refractivity contribution is 5.89. The van der Waals surface area contributed by atoms with E-state index in [2.05, 4.69) is 6.07 Å². The van der Waals surface area contributed by atoms with Crippen LogP contribution in [-0.2, 0) is 4.74 Å². The number of ether oxygens (including phenoxy) is 2. The van der Waals surface area contributed by atoms with E-state index >= 15 is 0 Å². The van der Waals surface area contributed by atoms with E-state index in [0.29, 0.717) is 18.1 Å². The molecular weight excluding hydrogens is 228 g/mol. The first-order valence-corrected chi connectivity index (χ1v) is 5.88. The zero-order chi connectivity index (χ0) is 13.7. The lowest BCUT2D eigenvalue weighted by Gasteiger charge is -2.13. The molecule has 0 saturated carbocycles. The molecule has 0 fully saturated rings. The van der Waals surface area contributed by atoms with E-state index in [1.54, 1.807) is 6.92 Å². The largest absolute Gasteiger partial charge is 0.476 e. The lowest BCUT2D eigenvalue weighted by molar-refractivity contribution is 0.301. The van der Waals surface area contributed by atoms with Gasteiger partial charge in [0.2, 0.25) is 5.76 Å². The Balaban J connectivity index is 2.98. The van der Waals surface area contributed by atoms with Gasteiger partial charge in [0, 0.05) is 0 Å². The molecule has 0 spiro atoms. The molecular formula is C14H20N2O2. The second-order valence-corrected chi connectivity index (χ2v) is 4.20. The quantitative estimate of drug-likeness (QED) is 0.489. The Hall–Kier alpha value is -1.97. The summed E-state index contributed by atoms with van der Waals surface area (Å²) in [6.45, 7) is 7.89. The third-order valence-corrected chi connectivity index (χ3v) is 2.27. The van der Waals surface area contributed by atoms with E-state index in [4.69, 9.17) is 20.6 Å². The molecule has 0 saturated heterocycles. The Bertz CT molecular complexity index is 454. The molecule has 98 valence electrons. The van der Waals surface area contributed by atoms with Crippen molar-refractivity contribution in [1.82, 2.24) is 0 Å². The van der Waals surface area contributed by atoms with Crippen LogP contribution >= 0.6 is 0 Å². The molecule has 1 aromatic rings. The van der Waals surface area contributed by atoms with Crippen molar-refractivity contribution in [2.45, 2.75) is 27.7 Å². The van der Waals surface area contributed by atoms with E-state index < -0.39 is 0 Å². The fourth-order valence-corrected chi connectivity index (χ4v) is 1.63. The lowest BCUT2D eigenvalue weighted by Crippen LogP contribution is -2.17. The molecule has 0 unspecified atom stereocenters. The molecule has 0 amide bonds. The first kappa shape index (κ1) is 14.1. The van der Waals surface area contributed by atoms with E-state index in [9.17, 15) is 0 Å². The maximum atomic E-state index is 7.75. The van der Waals surface area contributed by atoms with Crippen molar-refractivity contribution < 1.29 is 9.47 Å². The standard InChI is InChI=1S/C14H20N2O2/c1-5-17-14(16)13(11(4)15)18-12-7-9(2)6-10(3)8-12/h6-8,16H,5,15H2,1-4H3/b13-11+,16-14?. The minimum Gasteiger partial charge on any atom is -0.476 e. The fourth-order valence-electron chi connectivity index (χ4n) is 1.63. The molecule has 1 aromatic carbocycles. The highest BCUT2D eigenvalue weighted by Crippen LogP contribution is 2.20. The number of rotatable bonds is 4. The zero-order valence-corrected chi connectivity index (χ0v) is 11.3. The molecule has 4 nitrogen and oxygen atoms in total. The van der Waals surface area contributed by atoms with Crippen molar-refractivity contribution in [3.05, 3.63) is 40.8 Å². The first-order chi connectivity index (χ1) is 8.43. The van der Waals surface area contributed by atoms with Gasteiger partial charge in [-0.05, 0) is 51.0 Å². The van der Waals surface area contributed by atoms with Crippen molar-refractivity contribution in [3.8, 4) is 5.75 Å². The molecule has 0 radical (unpaired) electrons. The van der Waals surface area contributed by atoms with Gasteiger partial charge < -0.3 is 15.2 Å². The number of allylic oxidation sites excluding steroid dienone is 1. The summed E-state index contributed by atoms with van der Waals surface area (Å²) in [7, 11) is 0. The fraction of sp³-hybridized carbons (Fsp3) is 0.357. The Morgan fingerprint density at radius 1 is 1.22 bits per heavy atom. The molecule has 4 heteroatoms. The van der Waals surface area contributed by atoms with Gasteiger partial charge >= 0.3 is 0 Å². The van der Waals surface area contributed by atoms with Crippen molar-refractivity contribution in [2.24, 2.45) is 5.73 Å². The Kier molecular flexibility index (Phi) is 4.77. The predicted octanol–water partition coefficient (Wildman–Crippen LogP) is 2.89. The van der Waals surface area contributed by atoms with Crippen molar-refractivity contribution >= 4 is 5.90 Å². The SMILES string of the molecule is CCOC(=N)/C(Oc1cc(C)cc(C)c1)=C(/C)N. The Morgan fingerprint density at radius 2 is 1.78 bits per heavy atom. The zero-order valence-electron chi connectivity index (χ0n) is 11.3. The number of aryl methyl sites for hydroxylation is 2. The van der Waals surface area contributed by atoms with Crippen LogP contribution in [0.4, 0.5) is 0 Å². The summed E-state index contributed by atoms with van der Waals surface area (Å²) in [4.78, 5) is 0. The number of nitrogens with two attached hydrogens (primary N) is 1. The van der Waals surface area contributed by atoms with Crippen LogP contribution in [0, 0.1) is 19.3 Å². The molecule has 0 aromatic heterocycles. The smallest absolute Gasteiger partial charge is 0.252 e. The number of benzene rings is 1. The summed E-state index contributed by atoms with van der Waals surface area (Å²) < 4.78 is 10.8. The van der Waals surface area contributed by atoms with Gasteiger partial charge in [0.25, 0.3) is 5.90 Å². The first-order valence-electron chi connectivity index (χ1n) is 5.88. The van der Waals surface area contributed by atoms with Crippen molar-refractivity contribution in [2.75, 3.05) is 6.61 Å². The molecule has 0 bridgehead atoms. The molecule has 0 aliphatic rings. The molecule has 0 atom stereocenters. The summed E-state index contributed by atoms with van der Waals surface area (Å²) in [5.74, 6) is 0.885. The van der Waals surface area contributed by atoms with Crippen molar-refractivity contribution in [1.29, 1.82) is 5.41 Å². The molecule has 3 N–H and O–H groups in total. The van der Waals surface area contributed by atoms with E-state index in [0.717, 1.165) is 11.1 Å². The molecule has 0 aliphatic carbocycles. The summed E-state index contributed by atoms with van der Waals surface area (Å²) >= 11 is 0. The normalized spacial score (nSPS) is 11.8. The molecule has 1 rings (SSSR count). The summed E-state index contributed by atoms with van der Waals surface area (Å²) in [5, 5.41) is 7.75. The van der Waals surface area contributed by atoms with Crippen LogP contribution in [0.2, 0.25) is 0 Å². The van der Waals surface area contributed by atoms with E-state index in [-0.39, 0.29) is 11.7 Å². The van der Waals surface area contributed by atoms with Crippen LogP contribution in [0.3, 0.4) is 0 Å². The maximum absolute atomic E-state index is 7.75. The maximum Gasteiger partial charge on any atom is 0.252 e. The van der Waals surface area contributed by atoms with Gasteiger partial charge in [-0.1, -0.05) is 6.07 Å². The van der Waals surface area contributed by atoms with Crippen LogP contribution in [0.15, 0.2) is 29.7 Å². The van der Waals surface area contributed by atoms with Gasteiger partial charge in [0.1, 0.15) is 5.75 Å². The topological polar surface area (TPSA) is 68.3 Å². The van der Waals surface area contributed by atoms with Gasteiger partial charge in [0.15, 0.2) is 0 Å².